The van der Waals surface area contributed by atoms with E-state index < -0.39 is 0 Å². The fraction of sp³-hybridized carbons (Fsp3) is 0.381. The van der Waals surface area contributed by atoms with E-state index in [9.17, 15) is 9.90 Å². The second-order valence-corrected chi connectivity index (χ2v) is 6.49. The number of aromatic hydroxyl groups is 1. The summed E-state index contributed by atoms with van der Waals surface area (Å²) in [4.78, 5) is 14.7. The third kappa shape index (κ3) is 3.77. The van der Waals surface area contributed by atoms with Gasteiger partial charge in [-0.1, -0.05) is 24.3 Å². The zero-order valence-electron chi connectivity index (χ0n) is 15.3. The van der Waals surface area contributed by atoms with Gasteiger partial charge in [-0.05, 0) is 48.6 Å². The summed E-state index contributed by atoms with van der Waals surface area (Å²) in [5.74, 6) is 1.73. The van der Waals surface area contributed by atoms with Crippen LogP contribution < -0.4 is 9.47 Å². The Morgan fingerprint density at radius 1 is 1.15 bits per heavy atom. The van der Waals surface area contributed by atoms with Gasteiger partial charge >= 0.3 is 0 Å². The van der Waals surface area contributed by atoms with Crippen molar-refractivity contribution in [2.45, 2.75) is 31.7 Å². The van der Waals surface area contributed by atoms with Crippen LogP contribution in [0, 0.1) is 0 Å². The molecule has 1 saturated heterocycles. The summed E-state index contributed by atoms with van der Waals surface area (Å²) in [6.45, 7) is 0.763. The first kappa shape index (κ1) is 18.1. The lowest BCUT2D eigenvalue weighted by molar-refractivity contribution is -0.132. The number of phenolic OH excluding ortho intramolecular Hbond substituents is 1. The van der Waals surface area contributed by atoms with Crippen molar-refractivity contribution >= 4 is 5.91 Å². The number of nitrogens with zero attached hydrogens (tertiary/aromatic N) is 1. The lowest BCUT2D eigenvalue weighted by atomic mass is 10.0. The zero-order chi connectivity index (χ0) is 18.5. The van der Waals surface area contributed by atoms with Crippen LogP contribution in [-0.2, 0) is 11.2 Å². The molecule has 5 heteroatoms. The summed E-state index contributed by atoms with van der Waals surface area (Å²) in [6, 6.07) is 13.1. The van der Waals surface area contributed by atoms with Crippen molar-refractivity contribution in [2.75, 3.05) is 20.8 Å². The van der Waals surface area contributed by atoms with E-state index in [2.05, 4.69) is 0 Å². The standard InChI is InChI=1S/C21H25NO4/c1-25-19-11-9-16(14-20(19)26-2)17-7-5-13-22(17)21(24)12-10-15-6-3-4-8-18(15)23/h3-4,6,8-9,11,14,17,23H,5,7,10,12-13H2,1-2H3. The molecule has 1 aliphatic rings. The third-order valence-electron chi connectivity index (χ3n) is 4.97. The normalized spacial score (nSPS) is 16.5. The monoisotopic (exact) mass is 355 g/mol. The van der Waals surface area contributed by atoms with E-state index in [-0.39, 0.29) is 17.7 Å². The summed E-state index contributed by atoms with van der Waals surface area (Å²) in [5.41, 5.74) is 1.87. The van der Waals surface area contributed by atoms with E-state index in [0.717, 1.165) is 30.5 Å². The minimum absolute atomic E-state index is 0.0617. The van der Waals surface area contributed by atoms with Crippen LogP contribution in [-0.4, -0.2) is 36.7 Å². The highest BCUT2D eigenvalue weighted by molar-refractivity contribution is 5.77. The molecule has 1 atom stereocenters. The van der Waals surface area contributed by atoms with Gasteiger partial charge in [0.25, 0.3) is 0 Å². The third-order valence-corrected chi connectivity index (χ3v) is 4.97. The number of benzene rings is 2. The molecule has 1 unspecified atom stereocenters. The van der Waals surface area contributed by atoms with Crippen LogP contribution in [0.4, 0.5) is 0 Å². The first-order chi connectivity index (χ1) is 12.6. The van der Waals surface area contributed by atoms with Crippen molar-refractivity contribution < 1.29 is 19.4 Å². The maximum atomic E-state index is 12.8. The first-order valence-corrected chi connectivity index (χ1v) is 8.92. The Morgan fingerprint density at radius 3 is 2.65 bits per heavy atom. The molecule has 1 N–H and O–H groups in total. The van der Waals surface area contributed by atoms with Crippen LogP contribution in [0.25, 0.3) is 0 Å². The molecular formula is C21H25NO4. The number of methoxy groups -OCH3 is 2. The summed E-state index contributed by atoms with van der Waals surface area (Å²) in [6.07, 6.45) is 2.86. The summed E-state index contributed by atoms with van der Waals surface area (Å²) in [5, 5.41) is 9.88. The van der Waals surface area contributed by atoms with Crippen molar-refractivity contribution in [3.8, 4) is 17.2 Å². The highest BCUT2D eigenvalue weighted by atomic mass is 16.5. The van der Waals surface area contributed by atoms with Crippen molar-refractivity contribution in [1.82, 2.24) is 4.90 Å². The molecule has 1 aliphatic heterocycles. The molecule has 2 aromatic rings. The Labute approximate surface area is 154 Å². The average molecular weight is 355 g/mol. The highest BCUT2D eigenvalue weighted by Gasteiger charge is 2.30. The van der Waals surface area contributed by atoms with Crippen molar-refractivity contribution in [1.29, 1.82) is 0 Å². The fourth-order valence-corrected chi connectivity index (χ4v) is 3.58. The van der Waals surface area contributed by atoms with Crippen LogP contribution in [0.1, 0.15) is 36.4 Å². The lowest BCUT2D eigenvalue weighted by Gasteiger charge is -2.26. The van der Waals surface area contributed by atoms with Gasteiger partial charge in [0.15, 0.2) is 11.5 Å². The predicted octanol–water partition coefficient (Wildman–Crippen LogP) is 3.71. The number of ether oxygens (including phenoxy) is 2. The van der Waals surface area contributed by atoms with Gasteiger partial charge in [-0.25, -0.2) is 0 Å². The number of likely N-dealkylation sites (tertiary alicyclic amines) is 1. The molecule has 138 valence electrons. The van der Waals surface area contributed by atoms with Crippen molar-refractivity contribution in [3.05, 3.63) is 53.6 Å². The number of aryl methyl sites for hydroxylation is 1. The highest BCUT2D eigenvalue weighted by Crippen LogP contribution is 2.37. The molecular weight excluding hydrogens is 330 g/mol. The van der Waals surface area contributed by atoms with E-state index in [0.29, 0.717) is 24.3 Å². The van der Waals surface area contributed by atoms with Crippen LogP contribution in [0.5, 0.6) is 17.2 Å². The van der Waals surface area contributed by atoms with Crippen molar-refractivity contribution in [2.24, 2.45) is 0 Å². The number of para-hydroxylation sites is 1. The number of carbonyl (C=O) groups excluding carboxylic acids is 1. The molecule has 1 amide bonds. The van der Waals surface area contributed by atoms with E-state index in [4.69, 9.17) is 9.47 Å². The maximum absolute atomic E-state index is 12.8. The second-order valence-electron chi connectivity index (χ2n) is 6.49. The quantitative estimate of drug-likeness (QED) is 0.858. The SMILES string of the molecule is COc1ccc(C2CCCN2C(=O)CCc2ccccc2O)cc1OC. The van der Waals surface area contributed by atoms with Crippen LogP contribution >= 0.6 is 0 Å². The Bertz CT molecular complexity index is 774. The van der Waals surface area contributed by atoms with Gasteiger partial charge in [-0.2, -0.15) is 0 Å². The van der Waals surface area contributed by atoms with Gasteiger partial charge < -0.3 is 19.5 Å². The lowest BCUT2D eigenvalue weighted by Crippen LogP contribution is -2.30. The molecule has 3 rings (SSSR count). The van der Waals surface area contributed by atoms with Crippen LogP contribution in [0.15, 0.2) is 42.5 Å². The van der Waals surface area contributed by atoms with Gasteiger partial charge in [0.05, 0.1) is 20.3 Å². The Hall–Kier alpha value is -2.69. The molecule has 1 heterocycles. The van der Waals surface area contributed by atoms with Gasteiger partial charge in [0.1, 0.15) is 5.75 Å². The number of carbonyl (C=O) groups is 1. The Kier molecular flexibility index (Phi) is 5.66. The van der Waals surface area contributed by atoms with E-state index in [1.165, 1.54) is 0 Å². The first-order valence-electron chi connectivity index (χ1n) is 8.92. The van der Waals surface area contributed by atoms with Gasteiger partial charge in [0.2, 0.25) is 5.91 Å². The summed E-state index contributed by atoms with van der Waals surface area (Å²) in [7, 11) is 3.23. The molecule has 0 aromatic heterocycles. The summed E-state index contributed by atoms with van der Waals surface area (Å²) >= 11 is 0. The molecule has 0 radical (unpaired) electrons. The van der Waals surface area contributed by atoms with E-state index in [1.807, 2.05) is 35.2 Å². The summed E-state index contributed by atoms with van der Waals surface area (Å²) < 4.78 is 10.7. The van der Waals surface area contributed by atoms with Crippen molar-refractivity contribution in [3.63, 3.8) is 0 Å². The van der Waals surface area contributed by atoms with Crippen LogP contribution in [0.3, 0.4) is 0 Å². The molecule has 0 saturated carbocycles. The Balaban J connectivity index is 1.71. The largest absolute Gasteiger partial charge is 0.508 e. The maximum Gasteiger partial charge on any atom is 0.223 e. The Morgan fingerprint density at radius 2 is 1.92 bits per heavy atom. The minimum atomic E-state index is 0.0617. The molecule has 2 aromatic carbocycles. The molecule has 5 nitrogen and oxygen atoms in total. The molecule has 0 bridgehead atoms. The second kappa shape index (κ2) is 8.13. The number of phenols is 1. The molecule has 1 fully saturated rings. The zero-order valence-corrected chi connectivity index (χ0v) is 15.3. The molecule has 26 heavy (non-hydrogen) atoms. The number of hydrogen-bond donors (Lipinski definition) is 1. The number of hydrogen-bond acceptors (Lipinski definition) is 4. The van der Waals surface area contributed by atoms with Crippen LogP contribution in [0.2, 0.25) is 0 Å². The number of rotatable bonds is 6. The number of amides is 1. The minimum Gasteiger partial charge on any atom is -0.508 e. The molecule has 0 aliphatic carbocycles. The predicted molar refractivity (Wildman–Crippen MR) is 99.7 cm³/mol. The van der Waals surface area contributed by atoms with E-state index >= 15 is 0 Å². The van der Waals surface area contributed by atoms with Gasteiger partial charge in [-0.15, -0.1) is 0 Å². The van der Waals surface area contributed by atoms with E-state index in [1.54, 1.807) is 26.4 Å². The fourth-order valence-electron chi connectivity index (χ4n) is 3.58. The topological polar surface area (TPSA) is 59.0 Å². The molecule has 0 spiro atoms. The average Bonchev–Trinajstić information content (AvgIpc) is 3.16. The van der Waals surface area contributed by atoms with Gasteiger partial charge in [-0.3, -0.25) is 4.79 Å². The smallest absolute Gasteiger partial charge is 0.223 e. The van der Waals surface area contributed by atoms with Gasteiger partial charge in [0, 0.05) is 13.0 Å².